The molecule has 0 radical (unpaired) electrons. The van der Waals surface area contributed by atoms with E-state index in [1.165, 1.54) is 17.3 Å². The second-order valence-corrected chi connectivity index (χ2v) is 9.03. The number of hydrogen-bond acceptors (Lipinski definition) is 5. The number of rotatable bonds is 6. The fourth-order valence-electron chi connectivity index (χ4n) is 5.20. The van der Waals surface area contributed by atoms with Gasteiger partial charge in [-0.1, -0.05) is 12.1 Å². The summed E-state index contributed by atoms with van der Waals surface area (Å²) in [6, 6.07) is 14.2. The van der Waals surface area contributed by atoms with Crippen LogP contribution in [0.1, 0.15) is 41.9 Å². The molecule has 0 spiro atoms. The van der Waals surface area contributed by atoms with Crippen LogP contribution in [0.2, 0.25) is 0 Å². The summed E-state index contributed by atoms with van der Waals surface area (Å²) in [4.78, 5) is 4.35. The molecular formula is C26H30F3N3O2. The molecule has 182 valence electrons. The Kier molecular flexibility index (Phi) is 7.34. The summed E-state index contributed by atoms with van der Waals surface area (Å²) < 4.78 is 50.9. The van der Waals surface area contributed by atoms with Crippen molar-refractivity contribution in [1.82, 2.24) is 0 Å². The number of ether oxygens (including phenoxy) is 2. The van der Waals surface area contributed by atoms with E-state index in [1.54, 1.807) is 26.4 Å². The molecule has 2 fully saturated rings. The molecule has 5 nitrogen and oxygen atoms in total. The minimum Gasteiger partial charge on any atom is -0.372 e. The van der Waals surface area contributed by atoms with E-state index >= 15 is 0 Å². The number of hydrogen-bond donors (Lipinski definition) is 0. The van der Waals surface area contributed by atoms with Crippen molar-refractivity contribution in [3.63, 3.8) is 0 Å². The predicted octanol–water partition coefficient (Wildman–Crippen LogP) is 5.41. The Bertz CT molecular complexity index is 1010. The highest BCUT2D eigenvalue weighted by atomic mass is 19.4. The molecule has 0 amide bonds. The van der Waals surface area contributed by atoms with Gasteiger partial charge in [-0.25, -0.2) is 0 Å². The summed E-state index contributed by atoms with van der Waals surface area (Å²) in [5.41, 5.74) is 1.69. The molecule has 0 N–H and O–H groups in total. The van der Waals surface area contributed by atoms with Gasteiger partial charge in [-0.15, -0.1) is 0 Å². The quantitative estimate of drug-likeness (QED) is 0.526. The molecule has 2 aromatic carbocycles. The number of halogens is 3. The highest BCUT2D eigenvalue weighted by Gasteiger charge is 2.35. The van der Waals surface area contributed by atoms with Crippen molar-refractivity contribution in [3.05, 3.63) is 59.2 Å². The van der Waals surface area contributed by atoms with Gasteiger partial charge in [0.1, 0.15) is 0 Å². The van der Waals surface area contributed by atoms with E-state index in [-0.39, 0.29) is 17.8 Å². The van der Waals surface area contributed by atoms with Crippen LogP contribution < -0.4 is 9.80 Å². The maximum Gasteiger partial charge on any atom is 0.417 e. The van der Waals surface area contributed by atoms with E-state index in [1.807, 2.05) is 4.90 Å². The normalized spacial score (nSPS) is 19.6. The van der Waals surface area contributed by atoms with Crippen LogP contribution in [0.15, 0.2) is 42.5 Å². The zero-order chi connectivity index (χ0) is 24.3. The lowest BCUT2D eigenvalue weighted by Crippen LogP contribution is -2.39. The minimum absolute atomic E-state index is 0.154. The van der Waals surface area contributed by atoms with E-state index in [2.05, 4.69) is 29.2 Å². The summed E-state index contributed by atoms with van der Waals surface area (Å²) in [6.45, 7) is 3.24. The molecule has 2 aromatic rings. The molecule has 2 aliphatic rings. The summed E-state index contributed by atoms with van der Waals surface area (Å²) >= 11 is 0. The number of piperidine rings is 1. The molecule has 4 rings (SSSR count). The molecule has 0 saturated carbocycles. The lowest BCUT2D eigenvalue weighted by atomic mass is 9.95. The first-order chi connectivity index (χ1) is 16.3. The topological polar surface area (TPSA) is 48.7 Å². The molecule has 8 heteroatoms. The van der Waals surface area contributed by atoms with Crippen molar-refractivity contribution in [2.45, 2.75) is 37.6 Å². The number of alkyl halides is 3. The van der Waals surface area contributed by atoms with Crippen LogP contribution in [0.25, 0.3) is 0 Å². The lowest BCUT2D eigenvalue weighted by molar-refractivity contribution is -0.141. The number of anilines is 2. The van der Waals surface area contributed by atoms with E-state index in [0.717, 1.165) is 38.4 Å². The van der Waals surface area contributed by atoms with Crippen LogP contribution in [-0.4, -0.2) is 46.7 Å². The second kappa shape index (κ2) is 10.2. The minimum atomic E-state index is -4.54. The van der Waals surface area contributed by atoms with Gasteiger partial charge in [0.2, 0.25) is 0 Å². The van der Waals surface area contributed by atoms with Crippen LogP contribution in [0.4, 0.5) is 24.5 Å². The number of nitrogens with zero attached hydrogens (tertiary/aromatic N) is 3. The predicted molar refractivity (Wildman–Crippen MR) is 125 cm³/mol. The molecule has 0 unspecified atom stereocenters. The fraction of sp³-hybridized carbons (Fsp3) is 0.500. The Morgan fingerprint density at radius 1 is 0.912 bits per heavy atom. The summed E-state index contributed by atoms with van der Waals surface area (Å²) in [5, 5.41) is 9.03. The molecule has 0 bridgehead atoms. The Morgan fingerprint density at radius 2 is 1.53 bits per heavy atom. The van der Waals surface area contributed by atoms with Gasteiger partial charge in [-0.2, -0.15) is 18.4 Å². The Labute approximate surface area is 198 Å². The summed E-state index contributed by atoms with van der Waals surface area (Å²) in [7, 11) is 3.36. The third-order valence-corrected chi connectivity index (χ3v) is 7.10. The van der Waals surface area contributed by atoms with Crippen molar-refractivity contribution in [1.29, 1.82) is 5.26 Å². The monoisotopic (exact) mass is 473 g/mol. The molecule has 34 heavy (non-hydrogen) atoms. The summed E-state index contributed by atoms with van der Waals surface area (Å²) in [5.74, 6) is 0.656. The largest absolute Gasteiger partial charge is 0.417 e. The van der Waals surface area contributed by atoms with E-state index in [9.17, 15) is 13.2 Å². The first-order valence-corrected chi connectivity index (χ1v) is 11.6. The average Bonchev–Trinajstić information content (AvgIpc) is 3.35. The Hall–Kier alpha value is -2.76. The number of benzene rings is 2. The van der Waals surface area contributed by atoms with Crippen molar-refractivity contribution in [2.75, 3.05) is 50.2 Å². The van der Waals surface area contributed by atoms with Crippen LogP contribution in [0.3, 0.4) is 0 Å². The van der Waals surface area contributed by atoms with Crippen molar-refractivity contribution < 1.29 is 22.6 Å². The third kappa shape index (κ3) is 5.16. The Morgan fingerprint density at radius 3 is 2.12 bits per heavy atom. The molecule has 0 aliphatic carbocycles. The molecular weight excluding hydrogens is 443 g/mol. The van der Waals surface area contributed by atoms with Crippen LogP contribution in [-0.2, 0) is 15.7 Å². The highest BCUT2D eigenvalue weighted by Crippen LogP contribution is 2.37. The summed E-state index contributed by atoms with van der Waals surface area (Å²) in [6.07, 6.45) is -1.80. The molecule has 2 aliphatic heterocycles. The second-order valence-electron chi connectivity index (χ2n) is 9.03. The zero-order valence-electron chi connectivity index (χ0n) is 19.5. The maximum atomic E-state index is 13.3. The van der Waals surface area contributed by atoms with Gasteiger partial charge in [0.05, 0.1) is 17.2 Å². The average molecular weight is 474 g/mol. The van der Waals surface area contributed by atoms with Crippen LogP contribution in [0.5, 0.6) is 0 Å². The smallest absolute Gasteiger partial charge is 0.372 e. The third-order valence-electron chi connectivity index (χ3n) is 7.10. The Balaban J connectivity index is 1.39. The van der Waals surface area contributed by atoms with Gasteiger partial charge in [0.25, 0.3) is 0 Å². The van der Waals surface area contributed by atoms with E-state index in [0.29, 0.717) is 24.7 Å². The first-order valence-electron chi connectivity index (χ1n) is 11.6. The van der Waals surface area contributed by atoms with Gasteiger partial charge in [-0.05, 0) is 55.2 Å². The lowest BCUT2D eigenvalue weighted by Gasteiger charge is -2.36. The van der Waals surface area contributed by atoms with E-state index < -0.39 is 11.7 Å². The van der Waals surface area contributed by atoms with Gasteiger partial charge in [-0.3, -0.25) is 0 Å². The number of methoxy groups -OCH3 is 2. The maximum absolute atomic E-state index is 13.3. The van der Waals surface area contributed by atoms with Gasteiger partial charge in [0, 0.05) is 63.6 Å². The standard InChI is InChI=1S/C26H30F3N3O2/c1-33-25(34-2)19-9-12-31(13-10-19)22-6-3-18(4-7-22)21-11-14-32(17-21)23-8-5-20(16-30)24(15-23)26(27,28)29/h3-8,15,19,21,25H,9-14,17H2,1-2H3/t21-/m0/s1. The molecule has 2 saturated heterocycles. The van der Waals surface area contributed by atoms with E-state index in [4.69, 9.17) is 14.7 Å². The number of nitriles is 1. The van der Waals surface area contributed by atoms with Gasteiger partial charge in [0.15, 0.2) is 6.29 Å². The van der Waals surface area contributed by atoms with Crippen molar-refractivity contribution >= 4 is 11.4 Å². The molecule has 2 heterocycles. The van der Waals surface area contributed by atoms with Crippen molar-refractivity contribution in [3.8, 4) is 6.07 Å². The molecule has 0 aromatic heterocycles. The highest BCUT2D eigenvalue weighted by molar-refractivity contribution is 5.56. The van der Waals surface area contributed by atoms with Crippen molar-refractivity contribution in [2.24, 2.45) is 5.92 Å². The fourth-order valence-corrected chi connectivity index (χ4v) is 5.20. The van der Waals surface area contributed by atoms with Crippen LogP contribution >= 0.6 is 0 Å². The zero-order valence-corrected chi connectivity index (χ0v) is 19.5. The SMILES string of the molecule is COC(OC)C1CCN(c2ccc([C@H]3CCN(c4ccc(C#N)c(C(F)(F)F)c4)C3)cc2)CC1. The molecule has 1 atom stereocenters. The van der Waals surface area contributed by atoms with Gasteiger partial charge < -0.3 is 19.3 Å². The van der Waals surface area contributed by atoms with Gasteiger partial charge >= 0.3 is 6.18 Å². The first kappa shape index (κ1) is 24.4. The van der Waals surface area contributed by atoms with Crippen LogP contribution in [0, 0.1) is 17.2 Å².